The molecule has 9 heteroatoms. The Morgan fingerprint density at radius 2 is 1.56 bits per heavy atom. The molecule has 0 spiro atoms. The number of carbonyl (C=O) groups is 1. The number of fused-ring (bicyclic) bond motifs is 3. The van der Waals surface area contributed by atoms with E-state index in [-0.39, 0.29) is 75.2 Å². The lowest BCUT2D eigenvalue weighted by Crippen LogP contribution is -2.37. The maximum absolute atomic E-state index is 13.0. The van der Waals surface area contributed by atoms with Crippen LogP contribution in [0.2, 0.25) is 0 Å². The third-order valence-electron chi connectivity index (χ3n) is 7.77. The van der Waals surface area contributed by atoms with E-state index < -0.39 is 5.97 Å². The number of carbonyl (C=O) groups excluding carboxylic acids is 1. The summed E-state index contributed by atoms with van der Waals surface area (Å²) >= 11 is 0. The highest BCUT2D eigenvalue weighted by Crippen LogP contribution is 2.51. The van der Waals surface area contributed by atoms with Crippen molar-refractivity contribution < 1.29 is 43.1 Å². The van der Waals surface area contributed by atoms with E-state index in [1.165, 1.54) is 0 Å². The van der Waals surface area contributed by atoms with Crippen LogP contribution in [0.4, 0.5) is 0 Å². The smallest absolute Gasteiger partial charge is 0.337 e. The Labute approximate surface area is 215 Å². The predicted octanol–water partition coefficient (Wildman–Crippen LogP) is 3.98. The largest absolute Gasteiger partial charge is 0.512 e. The van der Waals surface area contributed by atoms with Gasteiger partial charge >= 0.3 is 5.97 Å². The topological polar surface area (TPSA) is 102 Å². The van der Waals surface area contributed by atoms with Crippen LogP contribution in [0.1, 0.15) is 46.0 Å². The average molecular weight is 513 g/mol. The first-order valence-electron chi connectivity index (χ1n) is 13.0. The van der Waals surface area contributed by atoms with Crippen LogP contribution in [-0.4, -0.2) is 77.7 Å². The molecule has 0 aromatic rings. The molecule has 0 aromatic carbocycles. The van der Waals surface area contributed by atoms with Crippen LogP contribution in [0.25, 0.3) is 0 Å². The number of methoxy groups -OCH3 is 3. The van der Waals surface area contributed by atoms with Gasteiger partial charge in [-0.15, -0.1) is 0 Å². The fourth-order valence-electron chi connectivity index (χ4n) is 6.24. The van der Waals surface area contributed by atoms with E-state index in [2.05, 4.69) is 19.1 Å². The lowest BCUT2D eigenvalue weighted by atomic mass is 9.67. The first kappa shape index (κ1) is 29.1. The predicted molar refractivity (Wildman–Crippen MR) is 132 cm³/mol. The summed E-state index contributed by atoms with van der Waals surface area (Å²) in [6, 6.07) is 0. The summed E-state index contributed by atoms with van der Waals surface area (Å²) in [6.45, 7) is 4.75. The molecule has 0 amide bonds. The van der Waals surface area contributed by atoms with Gasteiger partial charge in [-0.1, -0.05) is 19.1 Å². The number of aliphatic hydroxyl groups is 1. The average Bonchev–Trinajstić information content (AvgIpc) is 3.18. The molecule has 9 nitrogen and oxygen atoms in total. The molecule has 0 saturated heterocycles. The number of esters is 1. The van der Waals surface area contributed by atoms with Crippen molar-refractivity contribution in [3.05, 3.63) is 23.5 Å². The summed E-state index contributed by atoms with van der Waals surface area (Å²) in [7, 11) is 4.79. The van der Waals surface area contributed by atoms with Crippen molar-refractivity contribution in [3.8, 4) is 0 Å². The van der Waals surface area contributed by atoms with Crippen LogP contribution in [0.15, 0.2) is 23.5 Å². The standard InChI is InChI=1S/C27H44O9/c1-6-33-27(29)24-13-22-18(7-8-21-23(22)9-17(2)26(21)36-16-32-5)10-19(34-14-30-3)11-20(12-25(24)28)35-15-31-4/h7-8,17-23,26,28H,6,9-16H2,1-5H3/t17-,18+,19+,20+,21-,22-,23-,26-/m0/s1. The normalized spacial score (nSPS) is 34.8. The fourth-order valence-corrected chi connectivity index (χ4v) is 6.24. The van der Waals surface area contributed by atoms with Gasteiger partial charge in [-0.3, -0.25) is 0 Å². The first-order chi connectivity index (χ1) is 17.4. The second-order valence-corrected chi connectivity index (χ2v) is 10.1. The maximum Gasteiger partial charge on any atom is 0.337 e. The van der Waals surface area contributed by atoms with Gasteiger partial charge < -0.3 is 38.3 Å². The van der Waals surface area contributed by atoms with E-state index in [9.17, 15) is 9.90 Å². The van der Waals surface area contributed by atoms with Gasteiger partial charge in [0.25, 0.3) is 0 Å². The Morgan fingerprint density at radius 3 is 2.22 bits per heavy atom. The second kappa shape index (κ2) is 14.4. The molecule has 1 N–H and O–H groups in total. The van der Waals surface area contributed by atoms with Crippen molar-refractivity contribution in [2.45, 2.75) is 64.3 Å². The Bertz CT molecular complexity index is 752. The minimum atomic E-state index is -0.462. The summed E-state index contributed by atoms with van der Waals surface area (Å²) in [4.78, 5) is 13.0. The molecule has 8 atom stereocenters. The van der Waals surface area contributed by atoms with Gasteiger partial charge in [0.05, 0.1) is 30.5 Å². The van der Waals surface area contributed by atoms with Crippen molar-refractivity contribution in [1.82, 2.24) is 0 Å². The van der Waals surface area contributed by atoms with Gasteiger partial charge in [-0.2, -0.15) is 0 Å². The Kier molecular flexibility index (Phi) is 11.7. The lowest BCUT2D eigenvalue weighted by Gasteiger charge is -2.40. The molecular formula is C27H44O9. The molecule has 0 radical (unpaired) electrons. The molecule has 36 heavy (non-hydrogen) atoms. The molecule has 1 fully saturated rings. The van der Waals surface area contributed by atoms with Crippen LogP contribution in [0, 0.1) is 29.6 Å². The van der Waals surface area contributed by atoms with Crippen LogP contribution in [0.3, 0.4) is 0 Å². The van der Waals surface area contributed by atoms with Crippen LogP contribution < -0.4 is 0 Å². The summed E-state index contributed by atoms with van der Waals surface area (Å²) in [6.07, 6.45) is 6.94. The number of aliphatic hydroxyl groups excluding tert-OH is 1. The van der Waals surface area contributed by atoms with Gasteiger partial charge in [-0.05, 0) is 49.9 Å². The monoisotopic (exact) mass is 512 g/mol. The summed E-state index contributed by atoms with van der Waals surface area (Å²) in [5, 5.41) is 11.2. The van der Waals surface area contributed by atoms with E-state index in [0.29, 0.717) is 30.3 Å². The van der Waals surface area contributed by atoms with Crippen molar-refractivity contribution in [3.63, 3.8) is 0 Å². The zero-order chi connectivity index (χ0) is 26.1. The van der Waals surface area contributed by atoms with Gasteiger partial charge in [0.1, 0.15) is 26.1 Å². The minimum Gasteiger partial charge on any atom is -0.512 e. The second-order valence-electron chi connectivity index (χ2n) is 10.1. The van der Waals surface area contributed by atoms with Crippen molar-refractivity contribution in [2.24, 2.45) is 29.6 Å². The third-order valence-corrected chi connectivity index (χ3v) is 7.77. The lowest BCUT2D eigenvalue weighted by molar-refractivity contribution is -0.139. The van der Waals surface area contributed by atoms with E-state index >= 15 is 0 Å². The van der Waals surface area contributed by atoms with Gasteiger partial charge in [0, 0.05) is 40.1 Å². The van der Waals surface area contributed by atoms with Crippen LogP contribution >= 0.6 is 0 Å². The number of hydrogen-bond acceptors (Lipinski definition) is 9. The zero-order valence-electron chi connectivity index (χ0n) is 22.4. The molecule has 0 aromatic heterocycles. The SMILES string of the molecule is CCOC(=O)C1=C(O)C[C@H](OCOC)C[C@H](OCOC)C[C@H]2C=C[C@H]3[C@H](C[C@H](C)[C@@H]3OCOC)[C@H]2C1. The molecular weight excluding hydrogens is 468 g/mol. The highest BCUT2D eigenvalue weighted by Gasteiger charge is 2.49. The molecule has 0 unspecified atom stereocenters. The van der Waals surface area contributed by atoms with E-state index in [1.807, 2.05) is 0 Å². The number of hydrogen-bond donors (Lipinski definition) is 1. The summed E-state index contributed by atoms with van der Waals surface area (Å²) < 4.78 is 38.9. The van der Waals surface area contributed by atoms with Crippen LogP contribution in [0.5, 0.6) is 0 Å². The number of rotatable bonds is 11. The Balaban J connectivity index is 1.97. The highest BCUT2D eigenvalue weighted by molar-refractivity contribution is 5.89. The van der Waals surface area contributed by atoms with Crippen molar-refractivity contribution in [2.75, 3.05) is 48.3 Å². The molecule has 3 aliphatic rings. The van der Waals surface area contributed by atoms with E-state index in [4.69, 9.17) is 33.2 Å². The van der Waals surface area contributed by atoms with E-state index in [0.717, 1.165) is 12.8 Å². The Hall–Kier alpha value is -1.49. The van der Waals surface area contributed by atoms with Gasteiger partial charge in [-0.25, -0.2) is 4.79 Å². The molecule has 0 aliphatic heterocycles. The minimum absolute atomic E-state index is 0.0185. The molecule has 0 heterocycles. The zero-order valence-corrected chi connectivity index (χ0v) is 22.4. The van der Waals surface area contributed by atoms with E-state index in [1.54, 1.807) is 28.3 Å². The third kappa shape index (κ3) is 7.30. The van der Waals surface area contributed by atoms with Crippen LogP contribution in [-0.2, 0) is 38.0 Å². The highest BCUT2D eigenvalue weighted by atomic mass is 16.7. The van der Waals surface area contributed by atoms with Gasteiger partial charge in [0.15, 0.2) is 0 Å². The number of allylic oxidation sites excluding steroid dienone is 1. The molecule has 3 aliphatic carbocycles. The molecule has 0 bridgehead atoms. The number of ether oxygens (including phenoxy) is 7. The maximum atomic E-state index is 13.0. The molecule has 3 rings (SSSR count). The summed E-state index contributed by atoms with van der Waals surface area (Å²) in [5.41, 5.74) is 0.345. The molecule has 206 valence electrons. The quantitative estimate of drug-likeness (QED) is 0.250. The fraction of sp³-hybridized carbons (Fsp3) is 0.815. The first-order valence-corrected chi connectivity index (χ1v) is 13.0. The van der Waals surface area contributed by atoms with Gasteiger partial charge in [0.2, 0.25) is 0 Å². The molecule has 1 saturated carbocycles. The summed E-state index contributed by atoms with van der Waals surface area (Å²) in [5.74, 6) is 0.717. The van der Waals surface area contributed by atoms with Crippen molar-refractivity contribution in [1.29, 1.82) is 0 Å². The Morgan fingerprint density at radius 1 is 0.889 bits per heavy atom. The van der Waals surface area contributed by atoms with Crippen molar-refractivity contribution >= 4 is 5.97 Å².